The Morgan fingerprint density at radius 2 is 2.00 bits per heavy atom. The van der Waals surface area contributed by atoms with Crippen molar-refractivity contribution in [2.45, 2.75) is 57.9 Å². The lowest BCUT2D eigenvalue weighted by molar-refractivity contribution is 0.268. The summed E-state index contributed by atoms with van der Waals surface area (Å²) >= 11 is 0. The van der Waals surface area contributed by atoms with Crippen molar-refractivity contribution in [3.8, 4) is 5.75 Å². The van der Waals surface area contributed by atoms with Gasteiger partial charge in [0.05, 0.1) is 6.61 Å². The van der Waals surface area contributed by atoms with Gasteiger partial charge in [-0.05, 0) is 55.8 Å². The predicted octanol–water partition coefficient (Wildman–Crippen LogP) is 4.53. The Balaban J connectivity index is 0.00000200. The van der Waals surface area contributed by atoms with E-state index in [1.165, 1.54) is 37.8 Å². The maximum atomic E-state index is 5.84. The van der Waals surface area contributed by atoms with Crippen LogP contribution in [0, 0.1) is 0 Å². The zero-order valence-corrected chi connectivity index (χ0v) is 13.5. The number of nitrogens with one attached hydrogen (secondary N) is 1. The van der Waals surface area contributed by atoms with Gasteiger partial charge in [-0.1, -0.05) is 32.4 Å². The SMILES string of the molecule is CCC(C)c1ccc(OCCC2CCCCN2)cc1.Cl. The lowest BCUT2D eigenvalue weighted by atomic mass is 9.99. The van der Waals surface area contributed by atoms with E-state index >= 15 is 0 Å². The van der Waals surface area contributed by atoms with Gasteiger partial charge in [-0.2, -0.15) is 0 Å². The average molecular weight is 298 g/mol. The Bertz CT molecular complexity index is 360. The van der Waals surface area contributed by atoms with Gasteiger partial charge < -0.3 is 10.1 Å². The largest absolute Gasteiger partial charge is 0.494 e. The Labute approximate surface area is 129 Å². The smallest absolute Gasteiger partial charge is 0.119 e. The fourth-order valence-corrected chi connectivity index (χ4v) is 2.62. The molecule has 2 unspecified atom stereocenters. The molecule has 2 nitrogen and oxygen atoms in total. The first-order valence-electron chi connectivity index (χ1n) is 7.75. The molecule has 114 valence electrons. The van der Waals surface area contributed by atoms with Crippen molar-refractivity contribution in [2.24, 2.45) is 0 Å². The van der Waals surface area contributed by atoms with Gasteiger partial charge >= 0.3 is 0 Å². The standard InChI is InChI=1S/C17H27NO.ClH/c1-3-14(2)15-7-9-17(10-8-15)19-13-11-16-6-4-5-12-18-16;/h7-10,14,16,18H,3-6,11-13H2,1-2H3;1H. The monoisotopic (exact) mass is 297 g/mol. The number of hydrogen-bond donors (Lipinski definition) is 1. The first-order valence-corrected chi connectivity index (χ1v) is 7.75. The summed E-state index contributed by atoms with van der Waals surface area (Å²) in [5.41, 5.74) is 1.41. The van der Waals surface area contributed by atoms with Crippen LogP contribution >= 0.6 is 12.4 Å². The third-order valence-electron chi connectivity index (χ3n) is 4.21. The van der Waals surface area contributed by atoms with Crippen LogP contribution in [0.25, 0.3) is 0 Å². The van der Waals surface area contributed by atoms with Crippen LogP contribution in [0.15, 0.2) is 24.3 Å². The van der Waals surface area contributed by atoms with Crippen LogP contribution in [-0.2, 0) is 0 Å². The molecule has 0 radical (unpaired) electrons. The summed E-state index contributed by atoms with van der Waals surface area (Å²) in [7, 11) is 0. The molecular weight excluding hydrogens is 270 g/mol. The van der Waals surface area contributed by atoms with E-state index in [1.54, 1.807) is 0 Å². The zero-order chi connectivity index (χ0) is 13.5. The molecule has 1 aliphatic rings. The Kier molecular flexibility index (Phi) is 8.01. The summed E-state index contributed by atoms with van der Waals surface area (Å²) in [6, 6.07) is 9.27. The number of rotatable bonds is 6. The highest BCUT2D eigenvalue weighted by Crippen LogP contribution is 2.21. The van der Waals surface area contributed by atoms with Gasteiger partial charge in [0.25, 0.3) is 0 Å². The van der Waals surface area contributed by atoms with Gasteiger partial charge in [-0.15, -0.1) is 12.4 Å². The molecule has 20 heavy (non-hydrogen) atoms. The van der Waals surface area contributed by atoms with Crippen molar-refractivity contribution in [3.63, 3.8) is 0 Å². The van der Waals surface area contributed by atoms with Crippen molar-refractivity contribution in [1.82, 2.24) is 5.32 Å². The zero-order valence-electron chi connectivity index (χ0n) is 12.7. The predicted molar refractivity (Wildman–Crippen MR) is 88.1 cm³/mol. The summed E-state index contributed by atoms with van der Waals surface area (Å²) in [5.74, 6) is 1.64. The lowest BCUT2D eigenvalue weighted by Crippen LogP contribution is -2.35. The number of halogens is 1. The van der Waals surface area contributed by atoms with Crippen molar-refractivity contribution >= 4 is 12.4 Å². The van der Waals surface area contributed by atoms with E-state index in [0.29, 0.717) is 12.0 Å². The molecule has 0 aromatic heterocycles. The highest BCUT2D eigenvalue weighted by molar-refractivity contribution is 5.85. The summed E-state index contributed by atoms with van der Waals surface area (Å²) in [6.45, 7) is 6.49. The summed E-state index contributed by atoms with van der Waals surface area (Å²) in [4.78, 5) is 0. The molecule has 2 atom stereocenters. The van der Waals surface area contributed by atoms with Gasteiger partial charge in [-0.3, -0.25) is 0 Å². The fourth-order valence-electron chi connectivity index (χ4n) is 2.62. The molecule has 0 amide bonds. The molecule has 0 saturated carbocycles. The van der Waals surface area contributed by atoms with Crippen molar-refractivity contribution in [2.75, 3.05) is 13.2 Å². The third kappa shape index (κ3) is 5.34. The normalized spacial score (nSPS) is 20.0. The summed E-state index contributed by atoms with van der Waals surface area (Å²) in [5, 5.41) is 3.56. The van der Waals surface area contributed by atoms with E-state index in [9.17, 15) is 0 Å². The van der Waals surface area contributed by atoms with Crippen LogP contribution in [0.4, 0.5) is 0 Å². The molecule has 1 aromatic rings. The van der Waals surface area contributed by atoms with E-state index in [1.807, 2.05) is 0 Å². The molecule has 1 aliphatic heterocycles. The van der Waals surface area contributed by atoms with Crippen LogP contribution in [0.3, 0.4) is 0 Å². The van der Waals surface area contributed by atoms with Gasteiger partial charge in [-0.25, -0.2) is 0 Å². The van der Waals surface area contributed by atoms with Crippen LogP contribution < -0.4 is 10.1 Å². The van der Waals surface area contributed by atoms with E-state index in [-0.39, 0.29) is 12.4 Å². The van der Waals surface area contributed by atoms with E-state index in [2.05, 4.69) is 43.4 Å². The first kappa shape index (κ1) is 17.3. The molecule has 0 bridgehead atoms. The quantitative estimate of drug-likeness (QED) is 0.833. The second-order valence-corrected chi connectivity index (χ2v) is 5.66. The molecular formula is C17H28ClNO. The summed E-state index contributed by atoms with van der Waals surface area (Å²) < 4.78 is 5.84. The van der Waals surface area contributed by atoms with Crippen molar-refractivity contribution < 1.29 is 4.74 Å². The van der Waals surface area contributed by atoms with E-state index < -0.39 is 0 Å². The summed E-state index contributed by atoms with van der Waals surface area (Å²) in [6.07, 6.45) is 6.30. The fraction of sp³-hybridized carbons (Fsp3) is 0.647. The van der Waals surface area contributed by atoms with Crippen LogP contribution in [-0.4, -0.2) is 19.2 Å². The number of piperidine rings is 1. The molecule has 1 fully saturated rings. The first-order chi connectivity index (χ1) is 9.29. The molecule has 3 heteroatoms. The maximum Gasteiger partial charge on any atom is 0.119 e. The van der Waals surface area contributed by atoms with E-state index in [4.69, 9.17) is 4.74 Å². The molecule has 0 spiro atoms. The molecule has 1 heterocycles. The average Bonchev–Trinajstić information content (AvgIpc) is 2.48. The van der Waals surface area contributed by atoms with E-state index in [0.717, 1.165) is 18.8 Å². The molecule has 1 aromatic carbocycles. The van der Waals surface area contributed by atoms with Crippen LogP contribution in [0.2, 0.25) is 0 Å². The molecule has 1 N–H and O–H groups in total. The minimum Gasteiger partial charge on any atom is -0.494 e. The Hall–Kier alpha value is -0.730. The van der Waals surface area contributed by atoms with Gasteiger partial charge in [0, 0.05) is 6.04 Å². The minimum atomic E-state index is 0. The third-order valence-corrected chi connectivity index (χ3v) is 4.21. The van der Waals surface area contributed by atoms with Gasteiger partial charge in [0.1, 0.15) is 5.75 Å². The molecule has 2 rings (SSSR count). The lowest BCUT2D eigenvalue weighted by Gasteiger charge is -2.23. The maximum absolute atomic E-state index is 5.84. The number of benzene rings is 1. The second-order valence-electron chi connectivity index (χ2n) is 5.66. The number of ether oxygens (including phenoxy) is 1. The van der Waals surface area contributed by atoms with Crippen LogP contribution in [0.1, 0.15) is 57.4 Å². The molecule has 1 saturated heterocycles. The topological polar surface area (TPSA) is 21.3 Å². The van der Waals surface area contributed by atoms with Gasteiger partial charge in [0.15, 0.2) is 0 Å². The van der Waals surface area contributed by atoms with Gasteiger partial charge in [0.2, 0.25) is 0 Å². The highest BCUT2D eigenvalue weighted by atomic mass is 35.5. The Morgan fingerprint density at radius 3 is 2.60 bits per heavy atom. The highest BCUT2D eigenvalue weighted by Gasteiger charge is 2.12. The van der Waals surface area contributed by atoms with Crippen molar-refractivity contribution in [3.05, 3.63) is 29.8 Å². The Morgan fingerprint density at radius 1 is 1.25 bits per heavy atom. The van der Waals surface area contributed by atoms with Crippen molar-refractivity contribution in [1.29, 1.82) is 0 Å². The second kappa shape index (κ2) is 9.25. The minimum absolute atomic E-state index is 0. The number of hydrogen-bond acceptors (Lipinski definition) is 2. The molecule has 0 aliphatic carbocycles. The van der Waals surface area contributed by atoms with Crippen LogP contribution in [0.5, 0.6) is 5.75 Å².